The molecule has 0 aromatic heterocycles. The first kappa shape index (κ1) is 21.9. The zero-order chi connectivity index (χ0) is 22.3. The lowest BCUT2D eigenvalue weighted by Crippen LogP contribution is -2.27. The van der Waals surface area contributed by atoms with E-state index in [9.17, 15) is 14.0 Å². The molecule has 1 heterocycles. The molecule has 1 saturated heterocycles. The molecular weight excluding hydrogens is 403 g/mol. The van der Waals surface area contributed by atoms with Crippen molar-refractivity contribution in [3.63, 3.8) is 0 Å². The van der Waals surface area contributed by atoms with E-state index in [1.165, 1.54) is 6.07 Å². The molecule has 0 bridgehead atoms. The van der Waals surface area contributed by atoms with Crippen LogP contribution in [0.3, 0.4) is 0 Å². The molecule has 0 atom stereocenters. The van der Waals surface area contributed by atoms with Crippen LogP contribution in [0.25, 0.3) is 11.1 Å². The van der Waals surface area contributed by atoms with Gasteiger partial charge in [-0.2, -0.15) is 0 Å². The first-order valence-electron chi connectivity index (χ1n) is 11.1. The molecule has 32 heavy (non-hydrogen) atoms. The molecule has 5 heteroatoms. The summed E-state index contributed by atoms with van der Waals surface area (Å²) in [6, 6.07) is 22.1. The van der Waals surface area contributed by atoms with Crippen molar-refractivity contribution in [1.29, 1.82) is 0 Å². The molecule has 0 unspecified atom stereocenters. The van der Waals surface area contributed by atoms with Crippen molar-refractivity contribution in [1.82, 2.24) is 5.32 Å². The van der Waals surface area contributed by atoms with Crippen LogP contribution >= 0.6 is 0 Å². The van der Waals surface area contributed by atoms with Gasteiger partial charge in [-0.05, 0) is 66.7 Å². The Hall–Kier alpha value is -3.31. The fraction of sp³-hybridized carbons (Fsp3) is 0.259. The Labute approximate surface area is 187 Å². The summed E-state index contributed by atoms with van der Waals surface area (Å²) in [7, 11) is 0. The third kappa shape index (κ3) is 5.48. The number of ketones is 1. The number of nitrogens with one attached hydrogen (secondary N) is 2. The summed E-state index contributed by atoms with van der Waals surface area (Å²) in [5.74, 6) is -0.394. The number of piperidine rings is 1. The number of anilines is 1. The third-order valence-electron chi connectivity index (χ3n) is 5.95. The van der Waals surface area contributed by atoms with Crippen molar-refractivity contribution in [2.45, 2.75) is 31.6 Å². The molecule has 1 aliphatic heterocycles. The number of Topliss-reactive ketones (excluding diaryl/α,β-unsaturated/α-hetero) is 1. The van der Waals surface area contributed by atoms with Gasteiger partial charge in [-0.3, -0.25) is 9.59 Å². The van der Waals surface area contributed by atoms with Gasteiger partial charge in [-0.1, -0.05) is 54.6 Å². The molecular formula is C27H27FN2O2. The molecule has 2 N–H and O–H groups in total. The van der Waals surface area contributed by atoms with Crippen LogP contribution in [0.1, 0.15) is 47.5 Å². The van der Waals surface area contributed by atoms with Gasteiger partial charge >= 0.3 is 0 Å². The highest BCUT2D eigenvalue weighted by atomic mass is 19.1. The molecule has 0 radical (unpaired) electrons. The minimum atomic E-state index is -0.248. The molecule has 0 saturated carbocycles. The van der Waals surface area contributed by atoms with Crippen LogP contribution in [-0.2, 0) is 4.79 Å². The van der Waals surface area contributed by atoms with E-state index in [0.717, 1.165) is 37.1 Å². The highest BCUT2D eigenvalue weighted by Gasteiger charge is 2.19. The Morgan fingerprint density at radius 2 is 1.56 bits per heavy atom. The van der Waals surface area contributed by atoms with Crippen LogP contribution in [0.4, 0.5) is 10.1 Å². The summed E-state index contributed by atoms with van der Waals surface area (Å²) in [5.41, 5.74) is 3.95. The highest BCUT2D eigenvalue weighted by Crippen LogP contribution is 2.29. The number of halogens is 1. The summed E-state index contributed by atoms with van der Waals surface area (Å²) in [4.78, 5) is 24.9. The molecule has 0 spiro atoms. The van der Waals surface area contributed by atoms with Gasteiger partial charge in [0, 0.05) is 24.1 Å². The largest absolute Gasteiger partial charge is 0.326 e. The quantitative estimate of drug-likeness (QED) is 0.483. The van der Waals surface area contributed by atoms with E-state index in [4.69, 9.17) is 0 Å². The van der Waals surface area contributed by atoms with E-state index in [1.54, 1.807) is 24.3 Å². The molecule has 0 aliphatic carbocycles. The topological polar surface area (TPSA) is 58.2 Å². The Bertz CT molecular complexity index is 1070. The predicted octanol–water partition coefficient (Wildman–Crippen LogP) is 5.56. The smallest absolute Gasteiger partial charge is 0.224 e. The first-order valence-corrected chi connectivity index (χ1v) is 11.1. The number of hydrogen-bond donors (Lipinski definition) is 2. The first-order chi connectivity index (χ1) is 15.6. The maximum Gasteiger partial charge on any atom is 0.224 e. The number of carbonyl (C=O) groups is 2. The van der Waals surface area contributed by atoms with Gasteiger partial charge in [0.05, 0.1) is 0 Å². The van der Waals surface area contributed by atoms with E-state index in [0.29, 0.717) is 16.8 Å². The number of amides is 1. The molecule has 1 amide bonds. The van der Waals surface area contributed by atoms with Crippen LogP contribution in [0.2, 0.25) is 0 Å². The van der Waals surface area contributed by atoms with Crippen LogP contribution < -0.4 is 10.6 Å². The Morgan fingerprint density at radius 3 is 2.28 bits per heavy atom. The lowest BCUT2D eigenvalue weighted by molar-refractivity contribution is -0.116. The van der Waals surface area contributed by atoms with Gasteiger partial charge in [-0.15, -0.1) is 0 Å². The molecule has 1 fully saturated rings. The normalized spacial score (nSPS) is 14.2. The maximum absolute atomic E-state index is 14.3. The molecule has 4 nitrogen and oxygen atoms in total. The summed E-state index contributed by atoms with van der Waals surface area (Å²) >= 11 is 0. The van der Waals surface area contributed by atoms with Crippen LogP contribution in [0.15, 0.2) is 72.8 Å². The van der Waals surface area contributed by atoms with Crippen LogP contribution in [0, 0.1) is 5.82 Å². The second kappa shape index (κ2) is 10.3. The standard InChI is InChI=1S/C27H27FN2O2/c28-25-11-10-23(18-24(25)21-14-16-29-17-15-21)30-27(32)13-12-26(31)22-8-6-20(7-9-22)19-4-2-1-3-5-19/h1-11,18,21,29H,12-17H2,(H,30,32). The minimum Gasteiger partial charge on any atom is -0.326 e. The molecule has 164 valence electrons. The maximum atomic E-state index is 14.3. The van der Waals surface area contributed by atoms with Crippen molar-refractivity contribution in [3.05, 3.63) is 89.7 Å². The van der Waals surface area contributed by atoms with Gasteiger partial charge in [0.25, 0.3) is 0 Å². The zero-order valence-electron chi connectivity index (χ0n) is 17.9. The summed E-state index contributed by atoms with van der Waals surface area (Å²) < 4.78 is 14.3. The average Bonchev–Trinajstić information content (AvgIpc) is 2.85. The van der Waals surface area contributed by atoms with Gasteiger partial charge < -0.3 is 10.6 Å². The van der Waals surface area contributed by atoms with E-state index in [2.05, 4.69) is 10.6 Å². The Balaban J connectivity index is 1.32. The van der Waals surface area contributed by atoms with Crippen molar-refractivity contribution in [3.8, 4) is 11.1 Å². The van der Waals surface area contributed by atoms with Crippen molar-refractivity contribution in [2.24, 2.45) is 0 Å². The third-order valence-corrected chi connectivity index (χ3v) is 5.95. The van der Waals surface area contributed by atoms with E-state index in [-0.39, 0.29) is 36.3 Å². The molecule has 1 aliphatic rings. The number of carbonyl (C=O) groups excluding carboxylic acids is 2. The number of hydrogen-bond acceptors (Lipinski definition) is 3. The zero-order valence-corrected chi connectivity index (χ0v) is 17.9. The van der Waals surface area contributed by atoms with Crippen LogP contribution in [-0.4, -0.2) is 24.8 Å². The Kier molecular flexibility index (Phi) is 7.07. The molecule has 3 aromatic carbocycles. The average molecular weight is 431 g/mol. The summed E-state index contributed by atoms with van der Waals surface area (Å²) in [6.45, 7) is 1.74. The second-order valence-electron chi connectivity index (χ2n) is 8.18. The fourth-order valence-electron chi connectivity index (χ4n) is 4.14. The Morgan fingerprint density at radius 1 is 0.875 bits per heavy atom. The molecule has 3 aromatic rings. The van der Waals surface area contributed by atoms with Crippen molar-refractivity contribution in [2.75, 3.05) is 18.4 Å². The fourth-order valence-corrected chi connectivity index (χ4v) is 4.14. The van der Waals surface area contributed by atoms with Gasteiger partial charge in [0.1, 0.15) is 5.82 Å². The minimum absolute atomic E-state index is 0.0748. The predicted molar refractivity (Wildman–Crippen MR) is 125 cm³/mol. The van der Waals surface area contributed by atoms with Gasteiger partial charge in [0.2, 0.25) is 5.91 Å². The van der Waals surface area contributed by atoms with E-state index in [1.807, 2.05) is 42.5 Å². The highest BCUT2D eigenvalue weighted by molar-refractivity contribution is 6.00. The summed E-state index contributed by atoms with van der Waals surface area (Å²) in [5, 5.41) is 6.09. The SMILES string of the molecule is O=C(CCC(=O)c1ccc(-c2ccccc2)cc1)Nc1ccc(F)c(C2CCNCC2)c1. The number of rotatable bonds is 7. The summed E-state index contributed by atoms with van der Waals surface area (Å²) in [6.07, 6.45) is 1.97. The van der Waals surface area contributed by atoms with E-state index < -0.39 is 0 Å². The van der Waals surface area contributed by atoms with Crippen molar-refractivity contribution >= 4 is 17.4 Å². The number of benzene rings is 3. The monoisotopic (exact) mass is 430 g/mol. The van der Waals surface area contributed by atoms with Crippen molar-refractivity contribution < 1.29 is 14.0 Å². The van der Waals surface area contributed by atoms with Gasteiger partial charge in [0.15, 0.2) is 5.78 Å². The van der Waals surface area contributed by atoms with Gasteiger partial charge in [-0.25, -0.2) is 4.39 Å². The molecule has 4 rings (SSSR count). The lowest BCUT2D eigenvalue weighted by atomic mass is 9.89. The lowest BCUT2D eigenvalue weighted by Gasteiger charge is -2.23. The van der Waals surface area contributed by atoms with E-state index >= 15 is 0 Å². The van der Waals surface area contributed by atoms with Crippen LogP contribution in [0.5, 0.6) is 0 Å². The second-order valence-corrected chi connectivity index (χ2v) is 8.18.